The van der Waals surface area contributed by atoms with Gasteiger partial charge in [0.2, 0.25) is 10.0 Å². The van der Waals surface area contributed by atoms with Gasteiger partial charge in [-0.3, -0.25) is 0 Å². The number of sulfonamides is 1. The molecule has 0 aliphatic carbocycles. The minimum absolute atomic E-state index is 0.0352. The molecule has 1 aromatic rings. The average molecular weight is 298 g/mol. The summed E-state index contributed by atoms with van der Waals surface area (Å²) in [7, 11) is -1.58. The summed E-state index contributed by atoms with van der Waals surface area (Å²) in [6, 6.07) is 7.80. The summed E-state index contributed by atoms with van der Waals surface area (Å²) in [5, 5.41) is 3.25. The van der Waals surface area contributed by atoms with Gasteiger partial charge in [-0.2, -0.15) is 0 Å². The molecule has 0 amide bonds. The molecule has 1 N–H and O–H groups in total. The first-order chi connectivity index (χ1) is 9.40. The van der Waals surface area contributed by atoms with Crippen molar-refractivity contribution in [1.82, 2.24) is 9.62 Å². The van der Waals surface area contributed by atoms with Crippen molar-refractivity contribution in [2.24, 2.45) is 0 Å². The Balaban J connectivity index is 2.72. The van der Waals surface area contributed by atoms with E-state index >= 15 is 0 Å². The van der Waals surface area contributed by atoms with Crippen LogP contribution < -0.4 is 5.32 Å². The monoisotopic (exact) mass is 298 g/mol. The molecule has 5 heteroatoms. The van der Waals surface area contributed by atoms with Gasteiger partial charge in [0.05, 0.1) is 5.75 Å². The van der Waals surface area contributed by atoms with Crippen molar-refractivity contribution in [3.8, 4) is 0 Å². The number of nitrogens with one attached hydrogen (secondary N) is 1. The topological polar surface area (TPSA) is 49.4 Å². The normalized spacial score (nSPS) is 13.7. The van der Waals surface area contributed by atoms with Crippen molar-refractivity contribution in [2.75, 3.05) is 13.6 Å². The Labute approximate surface area is 123 Å². The molecule has 0 fully saturated rings. The van der Waals surface area contributed by atoms with Gasteiger partial charge in [0.25, 0.3) is 0 Å². The highest BCUT2D eigenvalue weighted by molar-refractivity contribution is 7.88. The van der Waals surface area contributed by atoms with Crippen LogP contribution in [-0.2, 0) is 22.3 Å². The molecule has 1 atom stereocenters. The molecule has 20 heavy (non-hydrogen) atoms. The van der Waals surface area contributed by atoms with E-state index < -0.39 is 10.0 Å². The molecule has 4 nitrogen and oxygen atoms in total. The highest BCUT2D eigenvalue weighted by atomic mass is 32.2. The Kier molecular flexibility index (Phi) is 6.65. The lowest BCUT2D eigenvalue weighted by molar-refractivity contribution is 0.380. The predicted octanol–water partition coefficient (Wildman–Crippen LogP) is 2.36. The highest BCUT2D eigenvalue weighted by Crippen LogP contribution is 2.14. The third-order valence-corrected chi connectivity index (χ3v) is 5.54. The molecule has 1 rings (SSSR count). The van der Waals surface area contributed by atoms with Crippen LogP contribution in [0.4, 0.5) is 0 Å². The molecule has 0 bridgehead atoms. The fraction of sp³-hybridized carbons (Fsp3) is 0.600. The van der Waals surface area contributed by atoms with Crippen LogP contribution in [0.1, 0.15) is 38.3 Å². The summed E-state index contributed by atoms with van der Waals surface area (Å²) in [5.74, 6) is 0.0648. The van der Waals surface area contributed by atoms with Gasteiger partial charge < -0.3 is 5.32 Å². The van der Waals surface area contributed by atoms with Crippen molar-refractivity contribution in [3.05, 3.63) is 35.4 Å². The Morgan fingerprint density at radius 3 is 2.20 bits per heavy atom. The smallest absolute Gasteiger partial charge is 0.218 e. The first-order valence-corrected chi connectivity index (χ1v) is 8.75. The zero-order valence-corrected chi connectivity index (χ0v) is 13.7. The van der Waals surface area contributed by atoms with Gasteiger partial charge in [0.15, 0.2) is 0 Å². The van der Waals surface area contributed by atoms with Crippen LogP contribution in [0.5, 0.6) is 0 Å². The van der Waals surface area contributed by atoms with E-state index in [-0.39, 0.29) is 11.8 Å². The van der Waals surface area contributed by atoms with E-state index in [2.05, 4.69) is 12.2 Å². The Bertz CT molecular complexity index is 497. The first-order valence-electron chi connectivity index (χ1n) is 7.15. The molecule has 0 spiro atoms. The van der Waals surface area contributed by atoms with E-state index in [1.165, 1.54) is 9.87 Å². The summed E-state index contributed by atoms with van der Waals surface area (Å²) in [6.45, 7) is 7.72. The number of rotatable bonds is 8. The SMILES string of the molecule is CCNCc1ccc(CS(=O)(=O)N(C)C(C)CC)cc1. The molecule has 1 unspecified atom stereocenters. The van der Waals surface area contributed by atoms with Crippen LogP contribution in [0.3, 0.4) is 0 Å². The van der Waals surface area contributed by atoms with Crippen molar-refractivity contribution >= 4 is 10.0 Å². The Hall–Kier alpha value is -0.910. The molecule has 0 heterocycles. The third kappa shape index (κ3) is 4.89. The maximum atomic E-state index is 12.3. The minimum Gasteiger partial charge on any atom is -0.313 e. The van der Waals surface area contributed by atoms with Crippen molar-refractivity contribution < 1.29 is 8.42 Å². The van der Waals surface area contributed by atoms with E-state index in [1.807, 2.05) is 38.1 Å². The molecule has 1 aromatic carbocycles. The summed E-state index contributed by atoms with van der Waals surface area (Å²) < 4.78 is 26.0. The Morgan fingerprint density at radius 2 is 1.70 bits per heavy atom. The van der Waals surface area contributed by atoms with Crippen LogP contribution in [0.2, 0.25) is 0 Å². The number of benzene rings is 1. The van der Waals surface area contributed by atoms with Gasteiger partial charge >= 0.3 is 0 Å². The zero-order chi connectivity index (χ0) is 15.2. The van der Waals surface area contributed by atoms with Gasteiger partial charge in [-0.05, 0) is 31.0 Å². The van der Waals surface area contributed by atoms with Gasteiger partial charge in [-0.1, -0.05) is 38.1 Å². The van der Waals surface area contributed by atoms with Crippen LogP contribution in [0.25, 0.3) is 0 Å². The molecule has 0 saturated carbocycles. The number of hydrogen-bond acceptors (Lipinski definition) is 3. The molecule has 0 saturated heterocycles. The van der Waals surface area contributed by atoms with Gasteiger partial charge in [0.1, 0.15) is 0 Å². The molecular formula is C15H26N2O2S. The summed E-state index contributed by atoms with van der Waals surface area (Å²) in [6.07, 6.45) is 0.817. The maximum Gasteiger partial charge on any atom is 0.218 e. The highest BCUT2D eigenvalue weighted by Gasteiger charge is 2.22. The standard InChI is InChI=1S/C15H26N2O2S/c1-5-13(3)17(4)20(18,19)12-15-9-7-14(8-10-15)11-16-6-2/h7-10,13,16H,5-6,11-12H2,1-4H3. The third-order valence-electron chi connectivity index (χ3n) is 3.60. The zero-order valence-electron chi connectivity index (χ0n) is 12.9. The molecule has 0 aromatic heterocycles. The van der Waals surface area contributed by atoms with Gasteiger partial charge in [0, 0.05) is 19.6 Å². The molecule has 114 valence electrons. The second kappa shape index (κ2) is 7.76. The molecular weight excluding hydrogens is 272 g/mol. The predicted molar refractivity (Wildman–Crippen MR) is 84.0 cm³/mol. The van der Waals surface area contributed by atoms with E-state index in [0.717, 1.165) is 25.1 Å². The van der Waals surface area contributed by atoms with Gasteiger partial charge in [-0.25, -0.2) is 12.7 Å². The van der Waals surface area contributed by atoms with E-state index in [1.54, 1.807) is 7.05 Å². The maximum absolute atomic E-state index is 12.3. The van der Waals surface area contributed by atoms with Crippen molar-refractivity contribution in [2.45, 2.75) is 45.5 Å². The van der Waals surface area contributed by atoms with Gasteiger partial charge in [-0.15, -0.1) is 0 Å². The Morgan fingerprint density at radius 1 is 1.15 bits per heavy atom. The second-order valence-corrected chi connectivity index (χ2v) is 7.16. The summed E-state index contributed by atoms with van der Waals surface area (Å²) >= 11 is 0. The lowest BCUT2D eigenvalue weighted by atomic mass is 10.1. The quantitative estimate of drug-likeness (QED) is 0.801. The van der Waals surface area contributed by atoms with Crippen LogP contribution in [0.15, 0.2) is 24.3 Å². The lowest BCUT2D eigenvalue weighted by Gasteiger charge is -2.23. The molecule has 0 aliphatic rings. The molecule has 0 radical (unpaired) electrons. The minimum atomic E-state index is -3.24. The van der Waals surface area contributed by atoms with E-state index in [4.69, 9.17) is 0 Å². The number of hydrogen-bond donors (Lipinski definition) is 1. The average Bonchev–Trinajstić information content (AvgIpc) is 2.44. The van der Waals surface area contributed by atoms with E-state index in [9.17, 15) is 8.42 Å². The summed E-state index contributed by atoms with van der Waals surface area (Å²) in [4.78, 5) is 0. The van der Waals surface area contributed by atoms with Crippen molar-refractivity contribution in [3.63, 3.8) is 0 Å². The van der Waals surface area contributed by atoms with Crippen LogP contribution >= 0.6 is 0 Å². The van der Waals surface area contributed by atoms with E-state index in [0.29, 0.717) is 0 Å². The van der Waals surface area contributed by atoms with Crippen LogP contribution in [0, 0.1) is 0 Å². The van der Waals surface area contributed by atoms with Crippen molar-refractivity contribution in [1.29, 1.82) is 0 Å². The first kappa shape index (κ1) is 17.1. The summed E-state index contributed by atoms with van der Waals surface area (Å²) in [5.41, 5.74) is 2.00. The lowest BCUT2D eigenvalue weighted by Crippen LogP contribution is -2.35. The van der Waals surface area contributed by atoms with Crippen LogP contribution in [-0.4, -0.2) is 32.4 Å². The number of nitrogens with zero attached hydrogens (tertiary/aromatic N) is 1. The fourth-order valence-electron chi connectivity index (χ4n) is 1.87. The fourth-order valence-corrected chi connectivity index (χ4v) is 3.38. The largest absolute Gasteiger partial charge is 0.313 e. The molecule has 0 aliphatic heterocycles. The second-order valence-electron chi connectivity index (χ2n) is 5.13.